The fourth-order valence-electron chi connectivity index (χ4n) is 3.25. The van der Waals surface area contributed by atoms with Crippen molar-refractivity contribution < 1.29 is 23.5 Å². The average Bonchev–Trinajstić information content (AvgIpc) is 3.37. The number of hydrogen-bond acceptors (Lipinski definition) is 5. The number of hydrogen-bond donors (Lipinski definition) is 3. The van der Waals surface area contributed by atoms with E-state index in [9.17, 15) is 13.2 Å². The van der Waals surface area contributed by atoms with E-state index in [0.717, 1.165) is 29.1 Å². The highest BCUT2D eigenvalue weighted by Crippen LogP contribution is 2.36. The highest BCUT2D eigenvalue weighted by molar-refractivity contribution is 7.92. The van der Waals surface area contributed by atoms with Gasteiger partial charge in [-0.3, -0.25) is 10.0 Å². The Morgan fingerprint density at radius 1 is 1.33 bits per heavy atom. The molecule has 1 saturated carbocycles. The lowest BCUT2D eigenvalue weighted by atomic mass is 10.1. The lowest BCUT2D eigenvalue weighted by Gasteiger charge is -2.25. The molecular weight excluding hydrogens is 404 g/mol. The van der Waals surface area contributed by atoms with Gasteiger partial charge >= 0.3 is 0 Å². The number of rotatable bonds is 6. The number of nitrogens with one attached hydrogen (secondary N) is 1. The zero-order valence-electron chi connectivity index (χ0n) is 16.8. The molecule has 1 aromatic heterocycles. The molecule has 1 amide bonds. The number of amides is 1. The van der Waals surface area contributed by atoms with Crippen LogP contribution >= 0.6 is 0 Å². The molecule has 3 atom stereocenters. The van der Waals surface area contributed by atoms with E-state index in [-0.39, 0.29) is 25.5 Å². The molecule has 8 heteroatoms. The summed E-state index contributed by atoms with van der Waals surface area (Å²) in [5.74, 6) is 11.3. The van der Waals surface area contributed by atoms with Crippen molar-refractivity contribution in [3.05, 3.63) is 36.0 Å². The summed E-state index contributed by atoms with van der Waals surface area (Å²) < 4.78 is 24.3. The monoisotopic (exact) mass is 428 g/mol. The van der Waals surface area contributed by atoms with E-state index in [4.69, 9.17) is 10.3 Å². The molecule has 1 aromatic carbocycles. The van der Waals surface area contributed by atoms with E-state index in [0.29, 0.717) is 5.92 Å². The van der Waals surface area contributed by atoms with Crippen LogP contribution in [0.15, 0.2) is 30.5 Å². The smallest absolute Gasteiger partial charge is 0.264 e. The summed E-state index contributed by atoms with van der Waals surface area (Å²) >= 11 is 0. The number of fused-ring (bicyclic) bond motifs is 1. The summed E-state index contributed by atoms with van der Waals surface area (Å²) in [6, 6.07) is 7.56. The summed E-state index contributed by atoms with van der Waals surface area (Å²) in [5, 5.41) is 18.9. The van der Waals surface area contributed by atoms with Gasteiger partial charge in [-0.2, -0.15) is 0 Å². The normalized spacial score (nSPS) is 19.7. The fourth-order valence-corrected chi connectivity index (χ4v) is 4.10. The minimum absolute atomic E-state index is 0.00908. The molecule has 1 aliphatic rings. The molecule has 0 saturated heterocycles. The lowest BCUT2D eigenvalue weighted by molar-refractivity contribution is -0.131. The topological polar surface area (TPSA) is 109 Å². The van der Waals surface area contributed by atoms with Crippen LogP contribution in [-0.2, 0) is 21.2 Å². The Labute approximate surface area is 176 Å². The minimum atomic E-state index is -3.74. The van der Waals surface area contributed by atoms with Gasteiger partial charge < -0.3 is 9.67 Å². The highest BCUT2D eigenvalue weighted by Gasteiger charge is 2.43. The molecule has 0 unspecified atom stereocenters. The Bertz CT molecular complexity index is 1190. The van der Waals surface area contributed by atoms with Gasteiger partial charge in [-0.05, 0) is 61.8 Å². The first-order valence-corrected chi connectivity index (χ1v) is 11.4. The summed E-state index contributed by atoms with van der Waals surface area (Å²) in [7, 11) is -3.74. The first kappa shape index (κ1) is 21.9. The number of carbonyl (C=O) groups is 1. The number of nitrogens with zero attached hydrogens (tertiary/aromatic N) is 1. The van der Waals surface area contributed by atoms with Crippen LogP contribution in [0.25, 0.3) is 10.9 Å². The number of aliphatic hydroxyl groups is 1. The van der Waals surface area contributed by atoms with Crippen molar-refractivity contribution in [3.8, 4) is 23.7 Å². The first-order chi connectivity index (χ1) is 14.2. The molecule has 30 heavy (non-hydrogen) atoms. The number of aliphatic hydroxyl groups excluding tert-OH is 1. The second-order valence-electron chi connectivity index (χ2n) is 7.78. The largest absolute Gasteiger partial charge is 0.396 e. The van der Waals surface area contributed by atoms with Crippen LogP contribution < -0.4 is 5.48 Å². The summed E-state index contributed by atoms with van der Waals surface area (Å²) in [6.45, 7) is 1.76. The van der Waals surface area contributed by atoms with Gasteiger partial charge in [0.2, 0.25) is 0 Å². The number of carbonyl (C=O) groups excluding carboxylic acids is 1. The van der Waals surface area contributed by atoms with Crippen LogP contribution in [0.4, 0.5) is 0 Å². The van der Waals surface area contributed by atoms with E-state index in [1.54, 1.807) is 0 Å². The van der Waals surface area contributed by atoms with Crippen molar-refractivity contribution >= 4 is 26.6 Å². The van der Waals surface area contributed by atoms with Gasteiger partial charge in [0, 0.05) is 48.0 Å². The highest BCUT2D eigenvalue weighted by atomic mass is 32.2. The van der Waals surface area contributed by atoms with Crippen molar-refractivity contribution in [1.29, 1.82) is 0 Å². The number of hydroxylamine groups is 1. The van der Waals surface area contributed by atoms with Crippen LogP contribution in [0.2, 0.25) is 0 Å². The van der Waals surface area contributed by atoms with Crippen LogP contribution in [0.5, 0.6) is 0 Å². The number of sulfone groups is 1. The van der Waals surface area contributed by atoms with Crippen molar-refractivity contribution in [2.24, 2.45) is 11.8 Å². The standard InChI is InChI=1S/C22H24N2O5S/c1-22(21(26)23-27,30(2,28)29)10-12-24-11-9-18-13-16(7-8-20(18)24)5-3-4-6-17-14-19(17)15-25/h7-9,11,13,17,19,25,27H,10,12,14-15H2,1-2H3,(H,23,26)/t17-,19+,22-/m1/s1. The Hall–Kier alpha value is -2.78. The fraction of sp³-hybridized carbons (Fsp3) is 0.409. The van der Waals surface area contributed by atoms with Crippen LogP contribution in [-0.4, -0.2) is 46.8 Å². The quantitative estimate of drug-likeness (QED) is 0.365. The van der Waals surface area contributed by atoms with Gasteiger partial charge in [0.25, 0.3) is 5.91 Å². The maximum Gasteiger partial charge on any atom is 0.264 e. The molecule has 0 aliphatic heterocycles. The molecule has 158 valence electrons. The molecule has 3 N–H and O–H groups in total. The van der Waals surface area contributed by atoms with Crippen LogP contribution in [0.3, 0.4) is 0 Å². The van der Waals surface area contributed by atoms with Gasteiger partial charge in [-0.15, -0.1) is 0 Å². The van der Waals surface area contributed by atoms with E-state index in [1.807, 2.05) is 35.0 Å². The summed E-state index contributed by atoms with van der Waals surface area (Å²) in [6.07, 6.45) is 3.75. The van der Waals surface area contributed by atoms with Gasteiger partial charge in [0.1, 0.15) is 0 Å². The van der Waals surface area contributed by atoms with Crippen molar-refractivity contribution in [1.82, 2.24) is 10.0 Å². The number of aryl methyl sites for hydroxylation is 1. The third-order valence-corrected chi connectivity index (χ3v) is 7.71. The molecule has 1 aliphatic carbocycles. The Morgan fingerprint density at radius 3 is 2.73 bits per heavy atom. The number of aromatic nitrogens is 1. The third-order valence-electron chi connectivity index (χ3n) is 5.69. The zero-order valence-corrected chi connectivity index (χ0v) is 17.7. The predicted molar refractivity (Wildman–Crippen MR) is 113 cm³/mol. The maximum absolute atomic E-state index is 12.1. The van der Waals surface area contributed by atoms with Crippen molar-refractivity contribution in [3.63, 3.8) is 0 Å². The first-order valence-electron chi connectivity index (χ1n) is 9.55. The van der Waals surface area contributed by atoms with Gasteiger partial charge in [-0.25, -0.2) is 13.9 Å². The molecular formula is C22H24N2O5S. The van der Waals surface area contributed by atoms with Gasteiger partial charge in [-0.1, -0.05) is 11.8 Å². The molecule has 3 rings (SSSR count). The third kappa shape index (κ3) is 4.52. The second-order valence-corrected chi connectivity index (χ2v) is 10.2. The Kier molecular flexibility index (Phi) is 6.23. The van der Waals surface area contributed by atoms with Gasteiger partial charge in [0.05, 0.1) is 0 Å². The molecule has 0 bridgehead atoms. The molecule has 7 nitrogen and oxygen atoms in total. The molecule has 1 fully saturated rings. The molecule has 0 radical (unpaired) electrons. The van der Waals surface area contributed by atoms with E-state index >= 15 is 0 Å². The van der Waals surface area contributed by atoms with E-state index in [2.05, 4.69) is 23.7 Å². The number of benzene rings is 1. The van der Waals surface area contributed by atoms with Gasteiger partial charge in [0.15, 0.2) is 14.6 Å². The van der Waals surface area contributed by atoms with Crippen LogP contribution in [0, 0.1) is 35.5 Å². The SMILES string of the molecule is C[C@@](CCn1ccc2cc(C#CC#C[C@@H]3C[C@H]3CO)ccc21)(C(=O)NO)S(C)(=O)=O. The van der Waals surface area contributed by atoms with Crippen LogP contribution in [0.1, 0.15) is 25.3 Å². The Balaban J connectivity index is 1.74. The molecule has 0 spiro atoms. The van der Waals surface area contributed by atoms with Crippen molar-refractivity contribution in [2.75, 3.05) is 12.9 Å². The van der Waals surface area contributed by atoms with Crippen molar-refractivity contribution in [2.45, 2.75) is 31.1 Å². The molecule has 1 heterocycles. The maximum atomic E-state index is 12.1. The summed E-state index contributed by atoms with van der Waals surface area (Å²) in [4.78, 5) is 12.0. The van der Waals surface area contributed by atoms with E-state index < -0.39 is 20.5 Å². The zero-order chi connectivity index (χ0) is 21.9. The van der Waals surface area contributed by atoms with E-state index in [1.165, 1.54) is 12.4 Å². The summed E-state index contributed by atoms with van der Waals surface area (Å²) in [5.41, 5.74) is 3.16. The average molecular weight is 429 g/mol. The lowest BCUT2D eigenvalue weighted by Crippen LogP contribution is -2.49. The minimum Gasteiger partial charge on any atom is -0.396 e. The molecule has 2 aromatic rings. The Morgan fingerprint density at radius 2 is 2.10 bits per heavy atom. The second kappa shape index (κ2) is 8.53. The predicted octanol–water partition coefficient (Wildman–Crippen LogP) is 1.32.